The SMILES string of the molecule is Cc1nnc(SCC(=O)NC2[C@@H]3CC[C@H]2CN(c2ncc(Cl)cc2F)C3)o1. The van der Waals surface area contributed by atoms with Crippen molar-refractivity contribution in [3.8, 4) is 0 Å². The Morgan fingerprint density at radius 3 is 2.78 bits per heavy atom. The molecule has 7 nitrogen and oxygen atoms in total. The van der Waals surface area contributed by atoms with E-state index in [9.17, 15) is 9.18 Å². The molecule has 2 fully saturated rings. The van der Waals surface area contributed by atoms with Crippen LogP contribution in [-0.4, -0.2) is 46.0 Å². The Morgan fingerprint density at radius 2 is 2.15 bits per heavy atom. The summed E-state index contributed by atoms with van der Waals surface area (Å²) in [6.07, 6.45) is 3.49. The first-order chi connectivity index (χ1) is 13.0. The van der Waals surface area contributed by atoms with Crippen molar-refractivity contribution in [2.45, 2.75) is 31.0 Å². The number of hydrogen-bond acceptors (Lipinski definition) is 7. The number of piperidine rings is 1. The normalized spacial score (nSPS) is 24.3. The van der Waals surface area contributed by atoms with Crippen LogP contribution in [0.5, 0.6) is 0 Å². The number of hydrogen-bond donors (Lipinski definition) is 1. The molecule has 4 rings (SSSR count). The molecule has 10 heteroatoms. The van der Waals surface area contributed by atoms with Crippen LogP contribution in [0.3, 0.4) is 0 Å². The van der Waals surface area contributed by atoms with E-state index in [2.05, 4.69) is 20.5 Å². The topological polar surface area (TPSA) is 84.2 Å². The van der Waals surface area contributed by atoms with Crippen molar-refractivity contribution < 1.29 is 13.6 Å². The molecule has 1 amide bonds. The molecule has 1 saturated carbocycles. The number of pyridine rings is 1. The molecule has 144 valence electrons. The highest BCUT2D eigenvalue weighted by molar-refractivity contribution is 7.99. The van der Waals surface area contributed by atoms with Gasteiger partial charge in [-0.05, 0) is 30.7 Å². The summed E-state index contributed by atoms with van der Waals surface area (Å²) in [5, 5.41) is 11.4. The third-order valence-corrected chi connectivity index (χ3v) is 6.11. The molecule has 3 heterocycles. The van der Waals surface area contributed by atoms with Crippen molar-refractivity contribution in [1.29, 1.82) is 0 Å². The minimum absolute atomic E-state index is 0.0537. The second kappa shape index (κ2) is 7.63. The lowest BCUT2D eigenvalue weighted by molar-refractivity contribution is -0.119. The fourth-order valence-electron chi connectivity index (χ4n) is 3.96. The van der Waals surface area contributed by atoms with Gasteiger partial charge in [-0.1, -0.05) is 23.4 Å². The number of nitrogens with zero attached hydrogens (tertiary/aromatic N) is 4. The number of carbonyl (C=O) groups excluding carboxylic acids is 1. The summed E-state index contributed by atoms with van der Waals surface area (Å²) in [5.41, 5.74) is 0. The number of fused-ring (bicyclic) bond motifs is 2. The maximum Gasteiger partial charge on any atom is 0.277 e. The first-order valence-corrected chi connectivity index (χ1v) is 10.1. The van der Waals surface area contributed by atoms with E-state index in [0.717, 1.165) is 12.8 Å². The van der Waals surface area contributed by atoms with Gasteiger partial charge >= 0.3 is 0 Å². The van der Waals surface area contributed by atoms with E-state index in [1.807, 2.05) is 4.90 Å². The molecule has 3 atom stereocenters. The van der Waals surface area contributed by atoms with Crippen LogP contribution < -0.4 is 10.2 Å². The van der Waals surface area contributed by atoms with Gasteiger partial charge < -0.3 is 14.6 Å². The molecule has 2 aromatic rings. The van der Waals surface area contributed by atoms with E-state index < -0.39 is 5.82 Å². The Kier molecular flexibility index (Phi) is 5.23. The van der Waals surface area contributed by atoms with Crippen LogP contribution in [0.1, 0.15) is 18.7 Å². The Bertz CT molecular complexity index is 836. The highest BCUT2D eigenvalue weighted by Gasteiger charge is 2.43. The summed E-state index contributed by atoms with van der Waals surface area (Å²) in [6.45, 7) is 3.05. The summed E-state index contributed by atoms with van der Waals surface area (Å²) < 4.78 is 19.5. The molecule has 1 saturated heterocycles. The lowest BCUT2D eigenvalue weighted by Crippen LogP contribution is -2.53. The fourth-order valence-corrected chi connectivity index (χ4v) is 4.72. The lowest BCUT2D eigenvalue weighted by atomic mass is 9.92. The molecule has 2 bridgehead atoms. The summed E-state index contributed by atoms with van der Waals surface area (Å²) >= 11 is 7.02. The first kappa shape index (κ1) is 18.5. The van der Waals surface area contributed by atoms with E-state index in [1.165, 1.54) is 24.0 Å². The molecule has 0 aromatic carbocycles. The molecule has 1 aliphatic heterocycles. The van der Waals surface area contributed by atoms with Gasteiger partial charge in [0.25, 0.3) is 5.22 Å². The smallest absolute Gasteiger partial charge is 0.277 e. The van der Waals surface area contributed by atoms with Crippen molar-refractivity contribution in [3.63, 3.8) is 0 Å². The Hall–Kier alpha value is -1.87. The maximum atomic E-state index is 14.2. The average molecular weight is 412 g/mol. The van der Waals surface area contributed by atoms with E-state index in [1.54, 1.807) is 6.92 Å². The molecular formula is C17H19ClFN5O2S. The van der Waals surface area contributed by atoms with Gasteiger partial charge in [0.1, 0.15) is 0 Å². The predicted octanol–water partition coefficient (Wildman–Crippen LogP) is 2.69. The average Bonchev–Trinajstić information content (AvgIpc) is 3.12. The molecule has 1 aliphatic carbocycles. The van der Waals surface area contributed by atoms with Gasteiger partial charge in [0.2, 0.25) is 11.8 Å². The van der Waals surface area contributed by atoms with E-state index in [-0.39, 0.29) is 34.6 Å². The minimum atomic E-state index is -0.407. The number of halogens is 2. The van der Waals surface area contributed by atoms with Crippen LogP contribution >= 0.6 is 23.4 Å². The number of aryl methyl sites for hydroxylation is 1. The van der Waals surface area contributed by atoms with Gasteiger partial charge in [0.05, 0.1) is 10.8 Å². The standard InChI is InChI=1S/C17H19ClFN5O2S/c1-9-22-23-17(26-9)27-8-14(25)21-15-10-2-3-11(15)7-24(6-10)16-13(19)4-12(18)5-20-16/h4-5,10-11,15H,2-3,6-8H2,1H3,(H,21,25)/t10-,11+,15?. The van der Waals surface area contributed by atoms with Crippen LogP contribution in [0, 0.1) is 24.6 Å². The van der Waals surface area contributed by atoms with Crippen molar-refractivity contribution >= 4 is 35.1 Å². The second-order valence-corrected chi connectivity index (χ2v) is 8.29. The van der Waals surface area contributed by atoms with Crippen LogP contribution in [0.4, 0.5) is 10.2 Å². The van der Waals surface area contributed by atoms with Crippen LogP contribution in [0.15, 0.2) is 21.9 Å². The zero-order chi connectivity index (χ0) is 19.0. The number of anilines is 1. The number of aromatic nitrogens is 3. The molecule has 0 radical (unpaired) electrons. The van der Waals surface area contributed by atoms with Crippen molar-refractivity contribution in [2.75, 3.05) is 23.7 Å². The molecule has 2 aliphatic rings. The van der Waals surface area contributed by atoms with E-state index in [4.69, 9.17) is 16.0 Å². The Morgan fingerprint density at radius 1 is 1.41 bits per heavy atom. The van der Waals surface area contributed by atoms with Gasteiger partial charge in [-0.15, -0.1) is 10.2 Å². The second-order valence-electron chi connectivity index (χ2n) is 6.93. The summed E-state index contributed by atoms with van der Waals surface area (Å²) in [6, 6.07) is 1.39. The van der Waals surface area contributed by atoms with E-state index >= 15 is 0 Å². The van der Waals surface area contributed by atoms with Gasteiger partial charge in [-0.3, -0.25) is 4.79 Å². The number of amides is 1. The predicted molar refractivity (Wildman–Crippen MR) is 99.3 cm³/mol. The zero-order valence-electron chi connectivity index (χ0n) is 14.7. The molecule has 27 heavy (non-hydrogen) atoms. The number of thioether (sulfide) groups is 1. The van der Waals surface area contributed by atoms with Crippen LogP contribution in [0.2, 0.25) is 5.02 Å². The fraction of sp³-hybridized carbons (Fsp3) is 0.529. The molecule has 0 spiro atoms. The van der Waals surface area contributed by atoms with Crippen molar-refractivity contribution in [2.24, 2.45) is 11.8 Å². The summed E-state index contributed by atoms with van der Waals surface area (Å²) in [4.78, 5) is 18.5. The monoisotopic (exact) mass is 411 g/mol. The van der Waals surface area contributed by atoms with E-state index in [0.29, 0.717) is 30.0 Å². The largest absolute Gasteiger partial charge is 0.416 e. The maximum absolute atomic E-state index is 14.2. The first-order valence-electron chi connectivity index (χ1n) is 8.78. The summed E-state index contributed by atoms with van der Waals surface area (Å²) in [7, 11) is 0. The van der Waals surface area contributed by atoms with Crippen molar-refractivity contribution in [1.82, 2.24) is 20.5 Å². The number of nitrogens with one attached hydrogen (secondary N) is 1. The Labute approximate surface area is 165 Å². The number of carbonyl (C=O) groups is 1. The molecule has 1 N–H and O–H groups in total. The highest BCUT2D eigenvalue weighted by atomic mass is 35.5. The molecule has 1 unspecified atom stereocenters. The third-order valence-electron chi connectivity index (χ3n) is 5.08. The lowest BCUT2D eigenvalue weighted by Gasteiger charge is -2.39. The van der Waals surface area contributed by atoms with Crippen molar-refractivity contribution in [3.05, 3.63) is 29.0 Å². The molecule has 2 aromatic heterocycles. The van der Waals surface area contributed by atoms with Crippen LogP contribution in [0.25, 0.3) is 0 Å². The van der Waals surface area contributed by atoms with Gasteiger partial charge in [0, 0.05) is 32.3 Å². The summed E-state index contributed by atoms with van der Waals surface area (Å²) in [5.74, 6) is 1.14. The van der Waals surface area contributed by atoms with Gasteiger partial charge in [0.15, 0.2) is 11.6 Å². The quantitative estimate of drug-likeness (QED) is 0.757. The zero-order valence-corrected chi connectivity index (χ0v) is 16.3. The van der Waals surface area contributed by atoms with Gasteiger partial charge in [-0.2, -0.15) is 0 Å². The minimum Gasteiger partial charge on any atom is -0.416 e. The number of rotatable bonds is 5. The molecular weight excluding hydrogens is 393 g/mol. The van der Waals surface area contributed by atoms with Gasteiger partial charge in [-0.25, -0.2) is 9.37 Å². The highest BCUT2D eigenvalue weighted by Crippen LogP contribution is 2.39. The van der Waals surface area contributed by atoms with Crippen LogP contribution in [-0.2, 0) is 4.79 Å². The Balaban J connectivity index is 1.35. The third kappa shape index (κ3) is 4.03.